The van der Waals surface area contributed by atoms with Crippen LogP contribution in [0.5, 0.6) is 5.75 Å². The van der Waals surface area contributed by atoms with Crippen LogP contribution in [0, 0.1) is 11.3 Å². The molecule has 0 atom stereocenters. The second-order valence-electron chi connectivity index (χ2n) is 7.76. The highest BCUT2D eigenvalue weighted by atomic mass is 35.5. The predicted molar refractivity (Wildman–Crippen MR) is 123 cm³/mol. The van der Waals surface area contributed by atoms with Crippen molar-refractivity contribution in [2.45, 2.75) is 31.3 Å². The van der Waals surface area contributed by atoms with E-state index >= 15 is 0 Å². The van der Waals surface area contributed by atoms with Gasteiger partial charge in [0.2, 0.25) is 0 Å². The Balaban J connectivity index is 0.00000160. The Bertz CT molecular complexity index is 949. The van der Waals surface area contributed by atoms with Crippen LogP contribution in [0.4, 0.5) is 11.4 Å². The van der Waals surface area contributed by atoms with Crippen molar-refractivity contribution in [1.29, 1.82) is 5.26 Å². The lowest BCUT2D eigenvalue weighted by molar-refractivity contribution is -0.00859. The van der Waals surface area contributed by atoms with Crippen LogP contribution in [0.2, 0.25) is 0 Å². The number of hydrogen-bond donors (Lipinski definition) is 2. The SMILES string of the molecule is Cl.Cl.N#Cc1ccc(CCN2CCC3(CC2)CC(=O)c2cc(N)c(N)cc2O3)cc1. The number of carbonyl (C=O) groups excluding carboxylic acids is 1. The van der Waals surface area contributed by atoms with Crippen molar-refractivity contribution in [3.05, 3.63) is 53.1 Å². The molecule has 0 aromatic heterocycles. The van der Waals surface area contributed by atoms with E-state index in [1.54, 1.807) is 12.1 Å². The lowest BCUT2D eigenvalue weighted by Crippen LogP contribution is -2.51. The van der Waals surface area contributed by atoms with E-state index in [0.717, 1.165) is 38.9 Å². The Morgan fingerprint density at radius 3 is 2.33 bits per heavy atom. The summed E-state index contributed by atoms with van der Waals surface area (Å²) in [5, 5.41) is 8.88. The molecule has 0 bridgehead atoms. The number of Topliss-reactive ketones (excluding diaryl/α,β-unsaturated/α-hetero) is 1. The number of likely N-dealkylation sites (tertiary alicyclic amines) is 1. The maximum Gasteiger partial charge on any atom is 0.170 e. The van der Waals surface area contributed by atoms with Crippen molar-refractivity contribution in [2.24, 2.45) is 0 Å². The van der Waals surface area contributed by atoms with Gasteiger partial charge in [-0.1, -0.05) is 12.1 Å². The van der Waals surface area contributed by atoms with Crippen LogP contribution in [0.25, 0.3) is 0 Å². The molecule has 0 amide bonds. The van der Waals surface area contributed by atoms with Crippen LogP contribution in [-0.2, 0) is 6.42 Å². The molecule has 0 aliphatic carbocycles. The van der Waals surface area contributed by atoms with Crippen molar-refractivity contribution < 1.29 is 9.53 Å². The molecule has 1 spiro atoms. The summed E-state index contributed by atoms with van der Waals surface area (Å²) in [5.74, 6) is 0.646. The van der Waals surface area contributed by atoms with Gasteiger partial charge in [0.25, 0.3) is 0 Å². The topological polar surface area (TPSA) is 105 Å². The zero-order valence-corrected chi connectivity index (χ0v) is 18.2. The zero-order chi connectivity index (χ0) is 19.7. The van der Waals surface area contributed by atoms with Gasteiger partial charge in [-0.3, -0.25) is 4.79 Å². The van der Waals surface area contributed by atoms with Gasteiger partial charge in [-0.2, -0.15) is 5.26 Å². The lowest BCUT2D eigenvalue weighted by atomic mass is 9.82. The maximum atomic E-state index is 12.7. The summed E-state index contributed by atoms with van der Waals surface area (Å²) in [7, 11) is 0. The van der Waals surface area contributed by atoms with Gasteiger partial charge in [0, 0.05) is 38.5 Å². The van der Waals surface area contributed by atoms with Crippen LogP contribution >= 0.6 is 24.8 Å². The summed E-state index contributed by atoms with van der Waals surface area (Å²) in [6.07, 6.45) is 2.97. The molecule has 4 rings (SSSR count). The molecule has 4 N–H and O–H groups in total. The fourth-order valence-electron chi connectivity index (χ4n) is 4.07. The molecule has 2 aliphatic rings. The second kappa shape index (κ2) is 9.57. The molecule has 30 heavy (non-hydrogen) atoms. The first kappa shape index (κ1) is 23.8. The predicted octanol–water partition coefficient (Wildman–Crippen LogP) is 3.61. The van der Waals surface area contributed by atoms with Crippen molar-refractivity contribution in [3.8, 4) is 11.8 Å². The molecule has 1 saturated heterocycles. The first-order chi connectivity index (χ1) is 13.5. The number of anilines is 2. The van der Waals surface area contributed by atoms with E-state index in [4.69, 9.17) is 21.5 Å². The number of benzene rings is 2. The number of fused-ring (bicyclic) bond motifs is 1. The molecule has 6 nitrogen and oxygen atoms in total. The molecule has 1 fully saturated rings. The number of ketones is 1. The van der Waals surface area contributed by atoms with Crippen LogP contribution in [0.15, 0.2) is 36.4 Å². The summed E-state index contributed by atoms with van der Waals surface area (Å²) >= 11 is 0. The Morgan fingerprint density at radius 2 is 1.70 bits per heavy atom. The number of nitrogens with zero attached hydrogens (tertiary/aromatic N) is 2. The summed E-state index contributed by atoms with van der Waals surface area (Å²) in [5.41, 5.74) is 14.6. The highest BCUT2D eigenvalue weighted by Crippen LogP contribution is 2.41. The summed E-state index contributed by atoms with van der Waals surface area (Å²) in [6, 6.07) is 13.2. The fraction of sp³-hybridized carbons (Fsp3) is 0.364. The van der Waals surface area contributed by atoms with E-state index in [1.807, 2.05) is 24.3 Å². The number of hydrogen-bond acceptors (Lipinski definition) is 6. The molecule has 0 radical (unpaired) electrons. The molecular formula is C22H26Cl2N4O2. The third kappa shape index (κ3) is 4.81. The first-order valence-corrected chi connectivity index (χ1v) is 9.61. The molecule has 2 heterocycles. The molecule has 0 saturated carbocycles. The molecule has 8 heteroatoms. The Kier molecular flexibility index (Phi) is 7.59. The Morgan fingerprint density at radius 1 is 1.07 bits per heavy atom. The third-order valence-electron chi connectivity index (χ3n) is 5.86. The van der Waals surface area contributed by atoms with Gasteiger partial charge < -0.3 is 21.1 Å². The minimum absolute atomic E-state index is 0. The highest BCUT2D eigenvalue weighted by molar-refractivity contribution is 6.02. The number of carbonyl (C=O) groups is 1. The zero-order valence-electron chi connectivity index (χ0n) is 16.6. The standard InChI is InChI=1S/C22H24N4O2.2ClH/c23-14-16-3-1-15(2-4-16)5-8-26-9-6-22(7-10-26)13-20(27)17-11-18(24)19(25)12-21(17)28-22;;/h1-4,11-12H,5-10,13,24-25H2;2*1H. The minimum atomic E-state index is -0.433. The molecule has 0 unspecified atom stereocenters. The van der Waals surface area contributed by atoms with Crippen LogP contribution in [0.3, 0.4) is 0 Å². The van der Waals surface area contributed by atoms with Gasteiger partial charge >= 0.3 is 0 Å². The third-order valence-corrected chi connectivity index (χ3v) is 5.86. The summed E-state index contributed by atoms with van der Waals surface area (Å²) in [4.78, 5) is 15.1. The quantitative estimate of drug-likeness (QED) is 0.694. The summed E-state index contributed by atoms with van der Waals surface area (Å²) in [6.45, 7) is 2.74. The van der Waals surface area contributed by atoms with Gasteiger partial charge in [0.05, 0.1) is 35.0 Å². The minimum Gasteiger partial charge on any atom is -0.486 e. The molecule has 2 aromatic carbocycles. The van der Waals surface area contributed by atoms with Gasteiger partial charge in [-0.15, -0.1) is 24.8 Å². The monoisotopic (exact) mass is 448 g/mol. The Hall–Kier alpha value is -2.46. The van der Waals surface area contributed by atoms with Crippen molar-refractivity contribution >= 4 is 42.0 Å². The normalized spacial score (nSPS) is 17.1. The Labute approximate surface area is 189 Å². The van der Waals surface area contributed by atoms with E-state index < -0.39 is 5.60 Å². The van der Waals surface area contributed by atoms with Crippen molar-refractivity contribution in [1.82, 2.24) is 4.90 Å². The summed E-state index contributed by atoms with van der Waals surface area (Å²) < 4.78 is 6.29. The number of halogens is 2. The highest BCUT2D eigenvalue weighted by Gasteiger charge is 2.43. The van der Waals surface area contributed by atoms with E-state index in [9.17, 15) is 4.79 Å². The average Bonchev–Trinajstić information content (AvgIpc) is 2.70. The van der Waals surface area contributed by atoms with E-state index in [2.05, 4.69) is 11.0 Å². The maximum absolute atomic E-state index is 12.7. The number of rotatable bonds is 3. The number of ether oxygens (including phenoxy) is 1. The molecule has 2 aromatic rings. The second-order valence-corrected chi connectivity index (χ2v) is 7.76. The molecular weight excluding hydrogens is 423 g/mol. The fourth-order valence-corrected chi connectivity index (χ4v) is 4.07. The van der Waals surface area contributed by atoms with E-state index in [1.165, 1.54) is 5.56 Å². The number of nitrogens with two attached hydrogens (primary N) is 2. The van der Waals surface area contributed by atoms with Crippen molar-refractivity contribution in [3.63, 3.8) is 0 Å². The van der Waals surface area contributed by atoms with E-state index in [0.29, 0.717) is 34.7 Å². The molecule has 160 valence electrons. The van der Waals surface area contributed by atoms with Crippen LogP contribution in [-0.4, -0.2) is 35.9 Å². The first-order valence-electron chi connectivity index (χ1n) is 9.61. The van der Waals surface area contributed by atoms with Gasteiger partial charge in [-0.05, 0) is 30.2 Å². The van der Waals surface area contributed by atoms with Gasteiger partial charge in [0.1, 0.15) is 11.4 Å². The number of nitriles is 1. The number of nitrogen functional groups attached to an aromatic ring is 2. The van der Waals surface area contributed by atoms with Gasteiger partial charge in [-0.25, -0.2) is 0 Å². The van der Waals surface area contributed by atoms with E-state index in [-0.39, 0.29) is 30.6 Å². The average molecular weight is 449 g/mol. The lowest BCUT2D eigenvalue weighted by Gasteiger charge is -2.44. The van der Waals surface area contributed by atoms with Crippen molar-refractivity contribution in [2.75, 3.05) is 31.1 Å². The van der Waals surface area contributed by atoms with Gasteiger partial charge in [0.15, 0.2) is 5.78 Å². The van der Waals surface area contributed by atoms with Crippen LogP contribution < -0.4 is 16.2 Å². The largest absolute Gasteiger partial charge is 0.486 e. The smallest absolute Gasteiger partial charge is 0.170 e. The number of piperidine rings is 1. The van der Waals surface area contributed by atoms with Crippen LogP contribution in [0.1, 0.15) is 40.7 Å². The molecule has 2 aliphatic heterocycles.